The number of fused-ring (bicyclic) bond motifs is 1. The van der Waals surface area contributed by atoms with Gasteiger partial charge in [0.1, 0.15) is 11.9 Å². The Morgan fingerprint density at radius 1 is 1.35 bits per heavy atom. The summed E-state index contributed by atoms with van der Waals surface area (Å²) in [5.41, 5.74) is 3.40. The first-order valence-electron chi connectivity index (χ1n) is 6.57. The van der Waals surface area contributed by atoms with Crippen LogP contribution in [0.3, 0.4) is 0 Å². The first-order valence-corrected chi connectivity index (χ1v) is 7.74. The second-order valence-corrected chi connectivity index (χ2v) is 6.33. The van der Waals surface area contributed by atoms with Crippen LogP contribution in [-0.2, 0) is 6.42 Å². The lowest BCUT2D eigenvalue weighted by molar-refractivity contribution is 0.246. The molecule has 1 atom stereocenters. The Morgan fingerprint density at radius 3 is 3.00 bits per heavy atom. The summed E-state index contributed by atoms with van der Waals surface area (Å²) in [6.07, 6.45) is 1.07. The van der Waals surface area contributed by atoms with E-state index in [1.807, 2.05) is 24.3 Å². The van der Waals surface area contributed by atoms with E-state index in [1.165, 1.54) is 5.56 Å². The van der Waals surface area contributed by atoms with Crippen molar-refractivity contribution in [2.75, 3.05) is 11.9 Å². The molecular formula is C16H15BrClNO. The minimum absolute atomic E-state index is 0.148. The lowest BCUT2D eigenvalue weighted by atomic mass is 10.1. The van der Waals surface area contributed by atoms with Crippen molar-refractivity contribution in [1.82, 2.24) is 0 Å². The summed E-state index contributed by atoms with van der Waals surface area (Å²) >= 11 is 9.71. The number of aryl methyl sites for hydroxylation is 1. The molecule has 0 aliphatic carbocycles. The first-order chi connectivity index (χ1) is 9.63. The van der Waals surface area contributed by atoms with Crippen LogP contribution >= 0.6 is 27.5 Å². The molecule has 0 bridgehead atoms. The van der Waals surface area contributed by atoms with Crippen molar-refractivity contribution in [2.45, 2.75) is 19.4 Å². The highest BCUT2D eigenvalue weighted by molar-refractivity contribution is 9.10. The molecule has 1 aliphatic heterocycles. The third kappa shape index (κ3) is 2.79. The van der Waals surface area contributed by atoms with Gasteiger partial charge in [0.25, 0.3) is 0 Å². The molecule has 0 saturated heterocycles. The fraction of sp³-hybridized carbons (Fsp3) is 0.250. The molecule has 0 aromatic heterocycles. The molecule has 0 spiro atoms. The fourth-order valence-corrected chi connectivity index (χ4v) is 3.17. The van der Waals surface area contributed by atoms with E-state index in [1.54, 1.807) is 0 Å². The van der Waals surface area contributed by atoms with Crippen molar-refractivity contribution in [1.29, 1.82) is 0 Å². The van der Waals surface area contributed by atoms with Crippen LogP contribution in [-0.4, -0.2) is 12.6 Å². The van der Waals surface area contributed by atoms with E-state index in [-0.39, 0.29) is 6.10 Å². The lowest BCUT2D eigenvalue weighted by Crippen LogP contribution is -2.24. The fourth-order valence-electron chi connectivity index (χ4n) is 2.47. The molecule has 0 amide bonds. The monoisotopic (exact) mass is 351 g/mol. The number of benzene rings is 2. The number of hydrogen-bond acceptors (Lipinski definition) is 2. The van der Waals surface area contributed by atoms with E-state index in [4.69, 9.17) is 16.3 Å². The summed E-state index contributed by atoms with van der Waals surface area (Å²) in [6.45, 7) is 2.80. The van der Waals surface area contributed by atoms with Gasteiger partial charge in [0.2, 0.25) is 0 Å². The van der Waals surface area contributed by atoms with Crippen LogP contribution < -0.4 is 10.1 Å². The predicted octanol–water partition coefficient (Wildman–Crippen LogP) is 4.83. The van der Waals surface area contributed by atoms with E-state index in [2.05, 4.69) is 40.3 Å². The van der Waals surface area contributed by atoms with Gasteiger partial charge in [-0.1, -0.05) is 39.7 Å². The maximum Gasteiger partial charge on any atom is 0.123 e. The highest BCUT2D eigenvalue weighted by Gasteiger charge is 2.23. The molecule has 104 valence electrons. The molecule has 0 saturated carbocycles. The standard InChI is InChI=1S/C16H15BrClNO/c1-10-3-2-4-14(18)16(10)19-9-13-8-11-7-12(17)5-6-15(11)20-13/h2-7,13,19H,8-9H2,1H3. The molecule has 4 heteroatoms. The summed E-state index contributed by atoms with van der Waals surface area (Å²) in [4.78, 5) is 0. The molecule has 2 aromatic rings. The average Bonchev–Trinajstić information content (AvgIpc) is 2.80. The van der Waals surface area contributed by atoms with Gasteiger partial charge >= 0.3 is 0 Å². The molecular weight excluding hydrogens is 338 g/mol. The number of rotatable bonds is 3. The van der Waals surface area contributed by atoms with Crippen molar-refractivity contribution >= 4 is 33.2 Å². The topological polar surface area (TPSA) is 21.3 Å². The third-order valence-electron chi connectivity index (χ3n) is 3.49. The van der Waals surface area contributed by atoms with Gasteiger partial charge in [0.15, 0.2) is 0 Å². The first kappa shape index (κ1) is 13.8. The molecule has 1 heterocycles. The largest absolute Gasteiger partial charge is 0.488 e. The van der Waals surface area contributed by atoms with Crippen molar-refractivity contribution in [3.63, 3.8) is 0 Å². The summed E-state index contributed by atoms with van der Waals surface area (Å²) in [5, 5.41) is 4.16. The Morgan fingerprint density at radius 2 is 2.20 bits per heavy atom. The quantitative estimate of drug-likeness (QED) is 0.854. The van der Waals surface area contributed by atoms with Gasteiger partial charge in [-0.3, -0.25) is 0 Å². The van der Waals surface area contributed by atoms with Crippen LogP contribution in [0.1, 0.15) is 11.1 Å². The Labute approximate surface area is 132 Å². The zero-order chi connectivity index (χ0) is 14.1. The zero-order valence-corrected chi connectivity index (χ0v) is 13.5. The molecule has 1 N–H and O–H groups in total. The summed E-state index contributed by atoms with van der Waals surface area (Å²) < 4.78 is 7.03. The Hall–Kier alpha value is -1.19. The summed E-state index contributed by atoms with van der Waals surface area (Å²) in [5.74, 6) is 0.982. The maximum atomic E-state index is 6.22. The van der Waals surface area contributed by atoms with E-state index in [0.717, 1.165) is 39.5 Å². The van der Waals surface area contributed by atoms with Gasteiger partial charge < -0.3 is 10.1 Å². The van der Waals surface area contributed by atoms with Gasteiger partial charge in [-0.2, -0.15) is 0 Å². The number of anilines is 1. The second kappa shape index (κ2) is 5.66. The number of para-hydroxylation sites is 1. The smallest absolute Gasteiger partial charge is 0.123 e. The van der Waals surface area contributed by atoms with Crippen LogP contribution in [0, 0.1) is 6.92 Å². The van der Waals surface area contributed by atoms with Crippen molar-refractivity contribution in [3.05, 3.63) is 57.0 Å². The van der Waals surface area contributed by atoms with E-state index in [9.17, 15) is 0 Å². The zero-order valence-electron chi connectivity index (χ0n) is 11.1. The normalized spacial score (nSPS) is 16.6. The Kier molecular flexibility index (Phi) is 3.90. The summed E-state index contributed by atoms with van der Waals surface area (Å²) in [6, 6.07) is 12.1. The number of hydrogen-bond donors (Lipinski definition) is 1. The van der Waals surface area contributed by atoms with Crippen LogP contribution in [0.25, 0.3) is 0 Å². The van der Waals surface area contributed by atoms with E-state index < -0.39 is 0 Å². The van der Waals surface area contributed by atoms with Gasteiger partial charge in [0, 0.05) is 10.9 Å². The minimum atomic E-state index is 0.148. The molecule has 3 rings (SSSR count). The van der Waals surface area contributed by atoms with E-state index >= 15 is 0 Å². The molecule has 0 fully saturated rings. The van der Waals surface area contributed by atoms with Crippen molar-refractivity contribution < 1.29 is 4.74 Å². The highest BCUT2D eigenvalue weighted by atomic mass is 79.9. The van der Waals surface area contributed by atoms with Crippen LogP contribution in [0.5, 0.6) is 5.75 Å². The molecule has 1 unspecified atom stereocenters. The number of ether oxygens (including phenoxy) is 1. The summed E-state index contributed by atoms with van der Waals surface area (Å²) in [7, 11) is 0. The van der Waals surface area contributed by atoms with Gasteiger partial charge in [-0.05, 0) is 42.3 Å². The van der Waals surface area contributed by atoms with Gasteiger partial charge in [0.05, 0.1) is 17.3 Å². The van der Waals surface area contributed by atoms with Crippen molar-refractivity contribution in [3.8, 4) is 5.75 Å². The predicted molar refractivity (Wildman–Crippen MR) is 86.9 cm³/mol. The Bertz CT molecular complexity index is 624. The van der Waals surface area contributed by atoms with Crippen LogP contribution in [0.4, 0.5) is 5.69 Å². The minimum Gasteiger partial charge on any atom is -0.488 e. The van der Waals surface area contributed by atoms with Gasteiger partial charge in [-0.25, -0.2) is 0 Å². The molecule has 2 nitrogen and oxygen atoms in total. The highest BCUT2D eigenvalue weighted by Crippen LogP contribution is 2.32. The molecule has 0 radical (unpaired) electrons. The van der Waals surface area contributed by atoms with Crippen LogP contribution in [0.15, 0.2) is 40.9 Å². The lowest BCUT2D eigenvalue weighted by Gasteiger charge is -2.15. The maximum absolute atomic E-state index is 6.22. The number of halogens is 2. The average molecular weight is 353 g/mol. The van der Waals surface area contributed by atoms with Crippen LogP contribution in [0.2, 0.25) is 5.02 Å². The Balaban J connectivity index is 1.67. The molecule has 2 aromatic carbocycles. The third-order valence-corrected chi connectivity index (χ3v) is 4.30. The van der Waals surface area contributed by atoms with Crippen molar-refractivity contribution in [2.24, 2.45) is 0 Å². The van der Waals surface area contributed by atoms with Gasteiger partial charge in [-0.15, -0.1) is 0 Å². The molecule has 20 heavy (non-hydrogen) atoms. The number of nitrogens with one attached hydrogen (secondary N) is 1. The SMILES string of the molecule is Cc1cccc(Cl)c1NCC1Cc2cc(Br)ccc2O1. The second-order valence-electron chi connectivity index (χ2n) is 5.01. The molecule has 1 aliphatic rings. The van der Waals surface area contributed by atoms with E-state index in [0.29, 0.717) is 0 Å².